The van der Waals surface area contributed by atoms with E-state index in [4.69, 9.17) is 5.11 Å². The van der Waals surface area contributed by atoms with Gasteiger partial charge in [-0.05, 0) is 18.2 Å². The first-order valence-electron chi connectivity index (χ1n) is 4.97. The average Bonchev–Trinajstić information content (AvgIpc) is 2.27. The molecule has 5 nitrogen and oxygen atoms in total. The van der Waals surface area contributed by atoms with Crippen LogP contribution >= 0.6 is 0 Å². The van der Waals surface area contributed by atoms with Crippen molar-refractivity contribution < 1.29 is 14.7 Å². The van der Waals surface area contributed by atoms with Crippen LogP contribution in [0, 0.1) is 0 Å². The number of benzene rings is 1. The minimum Gasteiger partial charge on any atom is -0.478 e. The first-order chi connectivity index (χ1) is 8.06. The number of nitrogens with one attached hydrogen (secondary N) is 1. The lowest BCUT2D eigenvalue weighted by molar-refractivity contribution is -0.114. The molecule has 1 heterocycles. The number of fused-ring (bicyclic) bond motifs is 1. The largest absolute Gasteiger partial charge is 0.478 e. The van der Waals surface area contributed by atoms with Gasteiger partial charge in [0.2, 0.25) is 5.91 Å². The fourth-order valence-corrected chi connectivity index (χ4v) is 1.52. The molecule has 2 N–H and O–H groups in total. The molecule has 0 radical (unpaired) electrons. The molecule has 0 saturated carbocycles. The maximum absolute atomic E-state index is 10.9. The lowest BCUT2D eigenvalue weighted by Crippen LogP contribution is -2.05. The van der Waals surface area contributed by atoms with Gasteiger partial charge >= 0.3 is 5.97 Å². The van der Waals surface area contributed by atoms with Gasteiger partial charge < -0.3 is 10.4 Å². The molecule has 0 atom stereocenters. The van der Waals surface area contributed by atoms with E-state index in [1.54, 1.807) is 24.3 Å². The van der Waals surface area contributed by atoms with Gasteiger partial charge in [-0.15, -0.1) is 0 Å². The van der Waals surface area contributed by atoms with Crippen LogP contribution < -0.4 is 5.32 Å². The molecule has 0 aliphatic heterocycles. The third kappa shape index (κ3) is 2.39. The van der Waals surface area contributed by atoms with E-state index in [9.17, 15) is 9.59 Å². The third-order valence-corrected chi connectivity index (χ3v) is 2.25. The molecular weight excluding hydrogens is 220 g/mol. The molecular formula is C12H10N2O3. The van der Waals surface area contributed by atoms with Crippen molar-refractivity contribution in [3.63, 3.8) is 0 Å². The van der Waals surface area contributed by atoms with Gasteiger partial charge in [0, 0.05) is 24.2 Å². The Hall–Kier alpha value is -2.43. The van der Waals surface area contributed by atoms with E-state index in [0.29, 0.717) is 11.2 Å². The molecule has 0 aliphatic carbocycles. The number of aromatic nitrogens is 1. The molecule has 1 aromatic carbocycles. The fourth-order valence-electron chi connectivity index (χ4n) is 1.52. The summed E-state index contributed by atoms with van der Waals surface area (Å²) in [6, 6.07) is 6.67. The van der Waals surface area contributed by atoms with Crippen LogP contribution in [0.5, 0.6) is 0 Å². The van der Waals surface area contributed by atoms with Crippen LogP contribution in [0.15, 0.2) is 30.5 Å². The Morgan fingerprint density at radius 1 is 1.29 bits per heavy atom. The zero-order valence-corrected chi connectivity index (χ0v) is 9.10. The Morgan fingerprint density at radius 3 is 2.71 bits per heavy atom. The van der Waals surface area contributed by atoms with E-state index in [0.717, 1.165) is 5.39 Å². The number of carboxylic acid groups (broad SMARTS) is 1. The summed E-state index contributed by atoms with van der Waals surface area (Å²) in [6.45, 7) is 1.42. The molecule has 1 amide bonds. The van der Waals surface area contributed by atoms with Gasteiger partial charge in [0.1, 0.15) is 0 Å². The molecule has 0 saturated heterocycles. The van der Waals surface area contributed by atoms with Crippen LogP contribution in [0.2, 0.25) is 0 Å². The molecule has 5 heteroatoms. The minimum atomic E-state index is -1.01. The van der Waals surface area contributed by atoms with Crippen molar-refractivity contribution in [3.05, 3.63) is 36.0 Å². The van der Waals surface area contributed by atoms with Crippen molar-refractivity contribution in [3.8, 4) is 0 Å². The van der Waals surface area contributed by atoms with Gasteiger partial charge in [-0.3, -0.25) is 9.78 Å². The first kappa shape index (κ1) is 11.1. The highest BCUT2D eigenvalue weighted by Gasteiger charge is 2.05. The number of carbonyl (C=O) groups excluding carboxylic acids is 1. The highest BCUT2D eigenvalue weighted by molar-refractivity contribution is 5.95. The normalized spacial score (nSPS) is 10.2. The van der Waals surface area contributed by atoms with Crippen LogP contribution in [0.3, 0.4) is 0 Å². The second-order valence-corrected chi connectivity index (χ2v) is 3.62. The number of carboxylic acids is 1. The maximum atomic E-state index is 10.9. The quantitative estimate of drug-likeness (QED) is 0.825. The van der Waals surface area contributed by atoms with Crippen molar-refractivity contribution in [1.29, 1.82) is 0 Å². The second-order valence-electron chi connectivity index (χ2n) is 3.62. The Kier molecular flexibility index (Phi) is 2.74. The molecule has 2 rings (SSSR count). The third-order valence-electron chi connectivity index (χ3n) is 2.25. The van der Waals surface area contributed by atoms with Crippen molar-refractivity contribution in [1.82, 2.24) is 4.98 Å². The Labute approximate surface area is 97.1 Å². The number of hydrogen-bond donors (Lipinski definition) is 2. The molecule has 0 bridgehead atoms. The number of anilines is 1. The Balaban J connectivity index is 2.46. The summed E-state index contributed by atoms with van der Waals surface area (Å²) in [6.07, 6.45) is 1.29. The number of nitrogens with zero attached hydrogens (tertiary/aromatic N) is 1. The van der Waals surface area contributed by atoms with Crippen LogP contribution in [-0.4, -0.2) is 22.0 Å². The number of rotatable bonds is 2. The van der Waals surface area contributed by atoms with Gasteiger partial charge in [0.15, 0.2) is 0 Å². The molecule has 2 aromatic rings. The molecule has 0 spiro atoms. The Bertz CT molecular complexity index is 608. The summed E-state index contributed by atoms with van der Waals surface area (Å²) in [5.74, 6) is -1.17. The Morgan fingerprint density at radius 2 is 2.06 bits per heavy atom. The van der Waals surface area contributed by atoms with Crippen molar-refractivity contribution in [2.24, 2.45) is 0 Å². The van der Waals surface area contributed by atoms with E-state index < -0.39 is 5.97 Å². The summed E-state index contributed by atoms with van der Waals surface area (Å²) in [5.41, 5.74) is 1.42. The lowest BCUT2D eigenvalue weighted by atomic mass is 10.1. The molecule has 17 heavy (non-hydrogen) atoms. The van der Waals surface area contributed by atoms with E-state index in [1.807, 2.05) is 0 Å². The molecule has 0 unspecified atom stereocenters. The van der Waals surface area contributed by atoms with Crippen LogP contribution in [0.25, 0.3) is 10.9 Å². The second kappa shape index (κ2) is 4.21. The highest BCUT2D eigenvalue weighted by Crippen LogP contribution is 2.18. The van der Waals surface area contributed by atoms with E-state index in [1.165, 1.54) is 13.1 Å². The van der Waals surface area contributed by atoms with E-state index in [-0.39, 0.29) is 11.5 Å². The summed E-state index contributed by atoms with van der Waals surface area (Å²) in [5, 5.41) is 12.2. The zero-order chi connectivity index (χ0) is 12.4. The smallest absolute Gasteiger partial charge is 0.337 e. The molecule has 0 aliphatic rings. The average molecular weight is 230 g/mol. The van der Waals surface area contributed by atoms with Gasteiger partial charge in [0.25, 0.3) is 0 Å². The van der Waals surface area contributed by atoms with Crippen LogP contribution in [-0.2, 0) is 4.79 Å². The first-order valence-corrected chi connectivity index (χ1v) is 4.97. The molecule has 86 valence electrons. The van der Waals surface area contributed by atoms with Crippen molar-refractivity contribution in [2.75, 3.05) is 5.32 Å². The standard InChI is InChI=1S/C12H10N2O3/c1-7(15)14-10-3-2-8-4-9(12(16)17)6-13-11(8)5-10/h2-6H,1H3,(H,14,15)(H,16,17). The van der Waals surface area contributed by atoms with Gasteiger partial charge in [-0.2, -0.15) is 0 Å². The van der Waals surface area contributed by atoms with E-state index >= 15 is 0 Å². The number of pyridine rings is 1. The predicted molar refractivity (Wildman–Crippen MR) is 63.0 cm³/mol. The van der Waals surface area contributed by atoms with Crippen molar-refractivity contribution in [2.45, 2.75) is 6.92 Å². The highest BCUT2D eigenvalue weighted by atomic mass is 16.4. The topological polar surface area (TPSA) is 79.3 Å². The monoisotopic (exact) mass is 230 g/mol. The van der Waals surface area contributed by atoms with Crippen molar-refractivity contribution >= 4 is 28.5 Å². The summed E-state index contributed by atoms with van der Waals surface area (Å²) >= 11 is 0. The predicted octanol–water partition coefficient (Wildman–Crippen LogP) is 1.89. The fraction of sp³-hybridized carbons (Fsp3) is 0.0833. The number of hydrogen-bond acceptors (Lipinski definition) is 3. The SMILES string of the molecule is CC(=O)Nc1ccc2cc(C(=O)O)cnc2c1. The molecule has 1 aromatic heterocycles. The lowest BCUT2D eigenvalue weighted by Gasteiger charge is -2.04. The number of carbonyl (C=O) groups is 2. The zero-order valence-electron chi connectivity index (χ0n) is 9.10. The summed E-state index contributed by atoms with van der Waals surface area (Å²) < 4.78 is 0. The number of aromatic carboxylic acids is 1. The van der Waals surface area contributed by atoms with Crippen LogP contribution in [0.4, 0.5) is 5.69 Å². The summed E-state index contributed by atoms with van der Waals surface area (Å²) in [7, 11) is 0. The van der Waals surface area contributed by atoms with Crippen LogP contribution in [0.1, 0.15) is 17.3 Å². The molecule has 0 fully saturated rings. The van der Waals surface area contributed by atoms with Gasteiger partial charge in [0.05, 0.1) is 11.1 Å². The van der Waals surface area contributed by atoms with Gasteiger partial charge in [-0.1, -0.05) is 6.07 Å². The summed E-state index contributed by atoms with van der Waals surface area (Å²) in [4.78, 5) is 25.7. The van der Waals surface area contributed by atoms with E-state index in [2.05, 4.69) is 10.3 Å². The van der Waals surface area contributed by atoms with Gasteiger partial charge in [-0.25, -0.2) is 4.79 Å². The maximum Gasteiger partial charge on any atom is 0.337 e. The minimum absolute atomic E-state index is 0.143. The number of amides is 1.